The molecule has 0 aliphatic rings. The molecule has 0 saturated heterocycles. The van der Waals surface area contributed by atoms with Gasteiger partial charge in [0.05, 0.1) is 0 Å². The van der Waals surface area contributed by atoms with Gasteiger partial charge in [-0.15, -0.1) is 0 Å². The van der Waals surface area contributed by atoms with E-state index in [1.165, 1.54) is 103 Å². The van der Waals surface area contributed by atoms with Crippen LogP contribution in [-0.4, -0.2) is 37.2 Å². The minimum Gasteiger partial charge on any atom is -0.462 e. The molecule has 73 heavy (non-hydrogen) atoms. The Morgan fingerprint density at radius 2 is 0.562 bits per heavy atom. The molecule has 0 N–H and O–H groups in total. The molecule has 0 aromatic heterocycles. The van der Waals surface area contributed by atoms with E-state index in [-0.39, 0.29) is 37.5 Å². The van der Waals surface area contributed by atoms with Crippen LogP contribution in [0.2, 0.25) is 0 Å². The molecule has 0 spiro atoms. The Balaban J connectivity index is 4.53. The van der Waals surface area contributed by atoms with Crippen LogP contribution in [0, 0.1) is 0 Å². The SMILES string of the molecule is CC/C=C\C/C=C\C/C=C\C/C=C\C/C=C\C/C=C\CCC(=O)OCC(COC(=O)CCCCCCCCCCCCCCCCCCC)OC(=O)CCCCCCCC/C=C\C/C=C\C/C=C\C/C=C\CC. The number of hydrogen-bond acceptors (Lipinski definition) is 6. The van der Waals surface area contributed by atoms with Crippen molar-refractivity contribution in [3.05, 3.63) is 122 Å². The molecule has 414 valence electrons. The van der Waals surface area contributed by atoms with E-state index in [0.29, 0.717) is 19.3 Å². The minimum atomic E-state index is -0.819. The van der Waals surface area contributed by atoms with Gasteiger partial charge in [-0.3, -0.25) is 14.4 Å². The van der Waals surface area contributed by atoms with Crippen LogP contribution in [0.15, 0.2) is 122 Å². The maximum Gasteiger partial charge on any atom is 0.306 e. The van der Waals surface area contributed by atoms with Gasteiger partial charge in [0.2, 0.25) is 0 Å². The van der Waals surface area contributed by atoms with E-state index in [1.807, 2.05) is 6.08 Å². The van der Waals surface area contributed by atoms with Crippen molar-refractivity contribution in [2.75, 3.05) is 13.2 Å². The maximum atomic E-state index is 12.9. The van der Waals surface area contributed by atoms with E-state index in [1.54, 1.807) is 0 Å². The predicted octanol–water partition coefficient (Wildman–Crippen LogP) is 20.4. The van der Waals surface area contributed by atoms with Crippen LogP contribution >= 0.6 is 0 Å². The van der Waals surface area contributed by atoms with Gasteiger partial charge in [0.25, 0.3) is 0 Å². The van der Waals surface area contributed by atoms with Gasteiger partial charge in [-0.2, -0.15) is 0 Å². The standard InChI is InChI=1S/C67H110O6/c1-4-7-10-13-16-19-22-25-28-31-33-36-39-42-45-48-51-54-57-60-66(69)72-63-64(62-71-65(68)59-56-53-50-47-44-41-38-35-30-27-24-21-18-15-12-9-6-3)73-67(70)61-58-55-52-49-46-43-40-37-34-32-29-26-23-20-17-14-11-8-5-2/h7-8,10-11,16-17,19-20,25-26,28-29,33-34,36-37,42,45,51,54,64H,4-6,9,12-15,18,21-24,27,30-32,35,38-41,43-44,46-50,52-53,55-63H2,1-3H3/b10-7-,11-8-,19-16-,20-17-,28-25-,29-26-,36-33-,37-34-,45-42-,54-51-. The molecular formula is C67H110O6. The van der Waals surface area contributed by atoms with Crippen LogP contribution in [0.3, 0.4) is 0 Å². The summed E-state index contributed by atoms with van der Waals surface area (Å²) in [7, 11) is 0. The lowest BCUT2D eigenvalue weighted by atomic mass is 10.0. The van der Waals surface area contributed by atoms with Crippen LogP contribution in [0.5, 0.6) is 0 Å². The molecule has 0 amide bonds. The summed E-state index contributed by atoms with van der Waals surface area (Å²) in [4.78, 5) is 38.2. The lowest BCUT2D eigenvalue weighted by molar-refractivity contribution is -0.166. The normalized spacial score (nSPS) is 13.0. The number of rotatable bonds is 53. The summed E-state index contributed by atoms with van der Waals surface area (Å²) in [6.45, 7) is 6.35. The Labute approximate surface area is 450 Å². The quantitative estimate of drug-likeness (QED) is 0.0261. The second kappa shape index (κ2) is 60.4. The molecule has 0 aromatic carbocycles. The Hall–Kier alpha value is -4.19. The largest absolute Gasteiger partial charge is 0.462 e. The molecule has 0 fully saturated rings. The first-order valence-electron chi connectivity index (χ1n) is 30.0. The first-order chi connectivity index (χ1) is 36.0. The van der Waals surface area contributed by atoms with Crippen LogP contribution in [-0.2, 0) is 28.6 Å². The molecular weight excluding hydrogens is 901 g/mol. The molecule has 6 nitrogen and oxygen atoms in total. The second-order valence-corrected chi connectivity index (χ2v) is 19.5. The Morgan fingerprint density at radius 1 is 0.288 bits per heavy atom. The molecule has 0 aliphatic carbocycles. The molecule has 1 atom stereocenters. The highest BCUT2D eigenvalue weighted by molar-refractivity contribution is 5.71. The number of carbonyl (C=O) groups is 3. The van der Waals surface area contributed by atoms with Gasteiger partial charge in [0, 0.05) is 19.3 Å². The Kier molecular flexibility index (Phi) is 56.9. The monoisotopic (exact) mass is 1010 g/mol. The molecule has 1 unspecified atom stereocenters. The lowest BCUT2D eigenvalue weighted by Crippen LogP contribution is -2.30. The maximum absolute atomic E-state index is 12.9. The number of carbonyl (C=O) groups excluding carboxylic acids is 3. The zero-order valence-electron chi connectivity index (χ0n) is 47.4. The first-order valence-corrected chi connectivity index (χ1v) is 30.0. The minimum absolute atomic E-state index is 0.108. The number of ether oxygens (including phenoxy) is 3. The van der Waals surface area contributed by atoms with E-state index in [9.17, 15) is 14.4 Å². The summed E-state index contributed by atoms with van der Waals surface area (Å²) >= 11 is 0. The van der Waals surface area contributed by atoms with E-state index >= 15 is 0 Å². The van der Waals surface area contributed by atoms with Crippen molar-refractivity contribution in [3.63, 3.8) is 0 Å². The van der Waals surface area contributed by atoms with Crippen LogP contribution in [0.25, 0.3) is 0 Å². The molecule has 0 radical (unpaired) electrons. The fraction of sp³-hybridized carbons (Fsp3) is 0.657. The van der Waals surface area contributed by atoms with Crippen LogP contribution in [0.4, 0.5) is 0 Å². The van der Waals surface area contributed by atoms with Crippen LogP contribution in [0.1, 0.15) is 265 Å². The molecule has 0 heterocycles. The average molecular weight is 1010 g/mol. The molecule has 0 rings (SSSR count). The van der Waals surface area contributed by atoms with Crippen molar-refractivity contribution in [3.8, 4) is 0 Å². The van der Waals surface area contributed by atoms with Gasteiger partial charge in [-0.05, 0) is 96.3 Å². The number of allylic oxidation sites excluding steroid dienone is 20. The van der Waals surface area contributed by atoms with E-state index < -0.39 is 6.10 Å². The molecule has 6 heteroatoms. The number of esters is 3. The average Bonchev–Trinajstić information content (AvgIpc) is 3.39. The third-order valence-corrected chi connectivity index (χ3v) is 12.5. The van der Waals surface area contributed by atoms with Gasteiger partial charge < -0.3 is 14.2 Å². The first kappa shape index (κ1) is 68.8. The van der Waals surface area contributed by atoms with Crippen molar-refractivity contribution in [2.24, 2.45) is 0 Å². The summed E-state index contributed by atoms with van der Waals surface area (Å²) in [5.41, 5.74) is 0. The summed E-state index contributed by atoms with van der Waals surface area (Å²) in [5.74, 6) is -1.01. The topological polar surface area (TPSA) is 78.9 Å². The van der Waals surface area contributed by atoms with E-state index in [0.717, 1.165) is 116 Å². The fourth-order valence-electron chi connectivity index (χ4n) is 8.05. The Bertz CT molecular complexity index is 1540. The lowest BCUT2D eigenvalue weighted by Gasteiger charge is -2.18. The van der Waals surface area contributed by atoms with E-state index in [4.69, 9.17) is 14.2 Å². The van der Waals surface area contributed by atoms with Crippen molar-refractivity contribution in [1.82, 2.24) is 0 Å². The number of unbranched alkanes of at least 4 members (excludes halogenated alkanes) is 22. The van der Waals surface area contributed by atoms with Gasteiger partial charge in [-0.1, -0.05) is 271 Å². The summed E-state index contributed by atoms with van der Waals surface area (Å²) in [5, 5.41) is 0. The van der Waals surface area contributed by atoms with Crippen molar-refractivity contribution in [2.45, 2.75) is 271 Å². The van der Waals surface area contributed by atoms with Crippen molar-refractivity contribution in [1.29, 1.82) is 0 Å². The van der Waals surface area contributed by atoms with Crippen molar-refractivity contribution >= 4 is 17.9 Å². The van der Waals surface area contributed by atoms with Gasteiger partial charge in [0.15, 0.2) is 6.10 Å². The molecule has 0 saturated carbocycles. The predicted molar refractivity (Wildman–Crippen MR) is 316 cm³/mol. The van der Waals surface area contributed by atoms with Crippen LogP contribution < -0.4 is 0 Å². The summed E-state index contributed by atoms with van der Waals surface area (Å²) < 4.78 is 16.8. The van der Waals surface area contributed by atoms with E-state index in [2.05, 4.69) is 136 Å². The van der Waals surface area contributed by atoms with Gasteiger partial charge in [0.1, 0.15) is 13.2 Å². The van der Waals surface area contributed by atoms with Crippen molar-refractivity contribution < 1.29 is 28.6 Å². The molecule has 0 bridgehead atoms. The second-order valence-electron chi connectivity index (χ2n) is 19.5. The smallest absolute Gasteiger partial charge is 0.306 e. The molecule has 0 aliphatic heterocycles. The van der Waals surface area contributed by atoms with Gasteiger partial charge in [-0.25, -0.2) is 0 Å². The molecule has 0 aromatic rings. The van der Waals surface area contributed by atoms with Gasteiger partial charge >= 0.3 is 17.9 Å². The Morgan fingerprint density at radius 3 is 0.918 bits per heavy atom. The highest BCUT2D eigenvalue weighted by Gasteiger charge is 2.19. The zero-order chi connectivity index (χ0) is 52.9. The number of hydrogen-bond donors (Lipinski definition) is 0. The highest BCUT2D eigenvalue weighted by Crippen LogP contribution is 2.16. The third-order valence-electron chi connectivity index (χ3n) is 12.5. The highest BCUT2D eigenvalue weighted by atomic mass is 16.6. The third kappa shape index (κ3) is 58.6. The zero-order valence-corrected chi connectivity index (χ0v) is 47.4. The summed E-state index contributed by atoms with van der Waals surface area (Å²) in [6.07, 6.45) is 83.4. The summed E-state index contributed by atoms with van der Waals surface area (Å²) in [6, 6.07) is 0. The fourth-order valence-corrected chi connectivity index (χ4v) is 8.05.